The average molecular weight is 392 g/mol. The number of halogens is 1. The topological polar surface area (TPSA) is 77.2 Å². The first-order valence-corrected chi connectivity index (χ1v) is 9.23. The van der Waals surface area contributed by atoms with Gasteiger partial charge in [-0.15, -0.1) is 15.3 Å². The highest BCUT2D eigenvalue weighted by molar-refractivity contribution is 5.45. The van der Waals surface area contributed by atoms with Crippen molar-refractivity contribution in [3.8, 4) is 11.5 Å². The molecular formula is C21H21FN6O. The molecule has 148 valence electrons. The predicted octanol–water partition coefficient (Wildman–Crippen LogP) is 4.36. The van der Waals surface area contributed by atoms with Crippen LogP contribution in [0.2, 0.25) is 0 Å². The van der Waals surface area contributed by atoms with Crippen LogP contribution in [0.5, 0.6) is 11.5 Å². The van der Waals surface area contributed by atoms with Gasteiger partial charge >= 0.3 is 0 Å². The SMILES string of the molecule is CC(C)(C)c1nnc2ccc(NCc3ccc(Oc4cccnc4)c(F)c3)nn12. The third-order valence-corrected chi connectivity index (χ3v) is 4.27. The van der Waals surface area contributed by atoms with Gasteiger partial charge in [0.05, 0.1) is 6.20 Å². The number of fused-ring (bicyclic) bond motifs is 1. The van der Waals surface area contributed by atoms with Gasteiger partial charge in [-0.05, 0) is 42.0 Å². The van der Waals surface area contributed by atoms with Crippen LogP contribution in [0.4, 0.5) is 10.2 Å². The number of anilines is 1. The van der Waals surface area contributed by atoms with Gasteiger partial charge in [0, 0.05) is 18.2 Å². The Morgan fingerprint density at radius 1 is 1.10 bits per heavy atom. The minimum atomic E-state index is -0.439. The maximum atomic E-state index is 14.4. The zero-order valence-electron chi connectivity index (χ0n) is 16.4. The van der Waals surface area contributed by atoms with Gasteiger partial charge in [0.1, 0.15) is 11.6 Å². The van der Waals surface area contributed by atoms with Crippen LogP contribution in [0, 0.1) is 5.82 Å². The highest BCUT2D eigenvalue weighted by Gasteiger charge is 2.21. The molecule has 4 rings (SSSR count). The molecule has 0 unspecified atom stereocenters. The van der Waals surface area contributed by atoms with Crippen molar-refractivity contribution in [1.29, 1.82) is 0 Å². The fourth-order valence-corrected chi connectivity index (χ4v) is 2.81. The molecule has 0 saturated heterocycles. The minimum Gasteiger partial charge on any atom is -0.453 e. The van der Waals surface area contributed by atoms with E-state index in [0.29, 0.717) is 23.8 Å². The summed E-state index contributed by atoms with van der Waals surface area (Å²) in [4.78, 5) is 3.95. The number of nitrogens with zero attached hydrogens (tertiary/aromatic N) is 5. The molecule has 7 nitrogen and oxygen atoms in total. The van der Waals surface area contributed by atoms with E-state index < -0.39 is 5.82 Å². The number of hydrogen-bond acceptors (Lipinski definition) is 6. The molecular weight excluding hydrogens is 371 g/mol. The standard InChI is InChI=1S/C21H21FN6O/c1-21(2,3)20-26-25-19-9-8-18(27-28(19)20)24-12-14-6-7-17(16(22)11-14)29-15-5-4-10-23-13-15/h4-11,13H,12H2,1-3H3,(H,24,27). The molecule has 3 aromatic heterocycles. The molecule has 0 amide bonds. The van der Waals surface area contributed by atoms with Crippen molar-refractivity contribution in [2.45, 2.75) is 32.7 Å². The van der Waals surface area contributed by atoms with Crippen LogP contribution in [-0.4, -0.2) is 24.8 Å². The second-order valence-corrected chi connectivity index (χ2v) is 7.67. The summed E-state index contributed by atoms with van der Waals surface area (Å²) in [6.45, 7) is 6.59. The Balaban J connectivity index is 1.48. The van der Waals surface area contributed by atoms with Crippen molar-refractivity contribution >= 4 is 11.5 Å². The molecule has 3 heterocycles. The first-order valence-electron chi connectivity index (χ1n) is 9.23. The number of hydrogen-bond donors (Lipinski definition) is 1. The smallest absolute Gasteiger partial charge is 0.178 e. The lowest BCUT2D eigenvalue weighted by molar-refractivity contribution is 0.440. The van der Waals surface area contributed by atoms with E-state index in [1.54, 1.807) is 35.0 Å². The predicted molar refractivity (Wildman–Crippen MR) is 108 cm³/mol. The fourth-order valence-electron chi connectivity index (χ4n) is 2.81. The molecule has 1 N–H and O–H groups in total. The number of aromatic nitrogens is 5. The molecule has 0 atom stereocenters. The normalized spacial score (nSPS) is 11.6. The number of ether oxygens (including phenoxy) is 1. The molecule has 29 heavy (non-hydrogen) atoms. The van der Waals surface area contributed by atoms with E-state index in [1.165, 1.54) is 12.3 Å². The van der Waals surface area contributed by atoms with Gasteiger partial charge in [-0.3, -0.25) is 4.98 Å². The first kappa shape index (κ1) is 18.8. The summed E-state index contributed by atoms with van der Waals surface area (Å²) in [5.41, 5.74) is 1.27. The first-order chi connectivity index (χ1) is 13.9. The Morgan fingerprint density at radius 3 is 2.69 bits per heavy atom. The number of benzene rings is 1. The molecule has 4 aromatic rings. The molecule has 0 aliphatic heterocycles. The lowest BCUT2D eigenvalue weighted by Crippen LogP contribution is -2.17. The maximum absolute atomic E-state index is 14.4. The van der Waals surface area contributed by atoms with Crippen LogP contribution in [0.25, 0.3) is 5.65 Å². The lowest BCUT2D eigenvalue weighted by atomic mass is 9.96. The van der Waals surface area contributed by atoms with E-state index in [1.807, 2.05) is 12.1 Å². The van der Waals surface area contributed by atoms with E-state index in [-0.39, 0.29) is 11.2 Å². The van der Waals surface area contributed by atoms with E-state index in [4.69, 9.17) is 4.74 Å². The van der Waals surface area contributed by atoms with Crippen molar-refractivity contribution in [2.75, 3.05) is 5.32 Å². The van der Waals surface area contributed by atoms with Gasteiger partial charge in [0.15, 0.2) is 23.0 Å². The zero-order chi connectivity index (χ0) is 20.4. The summed E-state index contributed by atoms with van der Waals surface area (Å²) in [5, 5.41) is 16.2. The Bertz CT molecular complexity index is 1140. The van der Waals surface area contributed by atoms with Crippen molar-refractivity contribution in [2.24, 2.45) is 0 Å². The summed E-state index contributed by atoms with van der Waals surface area (Å²) in [6.07, 6.45) is 3.17. The summed E-state index contributed by atoms with van der Waals surface area (Å²) in [5.74, 6) is 1.63. The third kappa shape index (κ3) is 4.16. The molecule has 0 aliphatic rings. The number of pyridine rings is 1. The molecule has 8 heteroatoms. The summed E-state index contributed by atoms with van der Waals surface area (Å²) >= 11 is 0. The van der Waals surface area contributed by atoms with Crippen LogP contribution in [0.15, 0.2) is 54.9 Å². The van der Waals surface area contributed by atoms with Crippen LogP contribution < -0.4 is 10.1 Å². The fraction of sp³-hybridized carbons (Fsp3) is 0.238. The Hall–Kier alpha value is -3.55. The minimum absolute atomic E-state index is 0.153. The molecule has 0 aliphatic carbocycles. The Labute approximate surface area is 167 Å². The monoisotopic (exact) mass is 392 g/mol. The third-order valence-electron chi connectivity index (χ3n) is 4.27. The number of rotatable bonds is 5. The largest absolute Gasteiger partial charge is 0.453 e. The second-order valence-electron chi connectivity index (χ2n) is 7.67. The van der Waals surface area contributed by atoms with Crippen LogP contribution in [0.3, 0.4) is 0 Å². The van der Waals surface area contributed by atoms with Gasteiger partial charge in [-0.2, -0.15) is 4.52 Å². The molecule has 0 radical (unpaired) electrons. The Morgan fingerprint density at radius 2 is 1.97 bits per heavy atom. The van der Waals surface area contributed by atoms with E-state index in [2.05, 4.69) is 46.4 Å². The highest BCUT2D eigenvalue weighted by Crippen LogP contribution is 2.25. The second kappa shape index (κ2) is 7.46. The van der Waals surface area contributed by atoms with Gasteiger partial charge in [-0.1, -0.05) is 26.8 Å². The van der Waals surface area contributed by atoms with Gasteiger partial charge in [0.25, 0.3) is 0 Å². The quantitative estimate of drug-likeness (QED) is 0.544. The lowest BCUT2D eigenvalue weighted by Gasteiger charge is -2.15. The van der Waals surface area contributed by atoms with Crippen molar-refractivity contribution in [1.82, 2.24) is 24.8 Å². The highest BCUT2D eigenvalue weighted by atomic mass is 19.1. The van der Waals surface area contributed by atoms with Gasteiger partial charge in [-0.25, -0.2) is 4.39 Å². The number of nitrogens with one attached hydrogen (secondary N) is 1. The van der Waals surface area contributed by atoms with Crippen molar-refractivity contribution in [3.05, 3.63) is 72.1 Å². The molecule has 0 saturated carbocycles. The van der Waals surface area contributed by atoms with Crippen molar-refractivity contribution in [3.63, 3.8) is 0 Å². The molecule has 0 spiro atoms. The summed E-state index contributed by atoms with van der Waals surface area (Å²) in [6, 6.07) is 12.0. The molecule has 0 bridgehead atoms. The zero-order valence-corrected chi connectivity index (χ0v) is 16.4. The summed E-state index contributed by atoms with van der Waals surface area (Å²) in [7, 11) is 0. The van der Waals surface area contributed by atoms with Gasteiger partial charge in [0.2, 0.25) is 0 Å². The van der Waals surface area contributed by atoms with Crippen LogP contribution in [0.1, 0.15) is 32.2 Å². The van der Waals surface area contributed by atoms with Crippen LogP contribution in [-0.2, 0) is 12.0 Å². The van der Waals surface area contributed by atoms with Crippen molar-refractivity contribution < 1.29 is 9.13 Å². The van der Waals surface area contributed by atoms with E-state index in [0.717, 1.165) is 11.4 Å². The van der Waals surface area contributed by atoms with Crippen LogP contribution >= 0.6 is 0 Å². The molecule has 0 fully saturated rings. The maximum Gasteiger partial charge on any atom is 0.178 e. The van der Waals surface area contributed by atoms with E-state index in [9.17, 15) is 4.39 Å². The molecule has 1 aromatic carbocycles. The summed E-state index contributed by atoms with van der Waals surface area (Å²) < 4.78 is 21.7. The van der Waals surface area contributed by atoms with Gasteiger partial charge < -0.3 is 10.1 Å². The van der Waals surface area contributed by atoms with E-state index >= 15 is 0 Å². The Kier molecular flexibility index (Phi) is 4.84. The average Bonchev–Trinajstić information content (AvgIpc) is 3.13.